The first kappa shape index (κ1) is 12.5. The summed E-state index contributed by atoms with van der Waals surface area (Å²) in [6.45, 7) is 2.13. The van der Waals surface area contributed by atoms with Crippen molar-refractivity contribution in [1.29, 1.82) is 0 Å². The molecule has 1 N–H and O–H groups in total. The van der Waals surface area contributed by atoms with Crippen molar-refractivity contribution in [2.75, 3.05) is 5.32 Å². The summed E-state index contributed by atoms with van der Waals surface area (Å²) in [6.07, 6.45) is 4.21. The van der Waals surface area contributed by atoms with Gasteiger partial charge in [-0.2, -0.15) is 0 Å². The molecule has 1 heterocycles. The van der Waals surface area contributed by atoms with Crippen LogP contribution >= 0.6 is 31.9 Å². The SMILES string of the molecule is CCc1cc(Br)ccc1Nc1ncncc1Br. The average molecular weight is 357 g/mol. The molecule has 0 atom stereocenters. The van der Waals surface area contributed by atoms with E-state index in [4.69, 9.17) is 0 Å². The van der Waals surface area contributed by atoms with Gasteiger partial charge in [-0.05, 0) is 46.1 Å². The third kappa shape index (κ3) is 3.04. The molecule has 0 aliphatic carbocycles. The number of hydrogen-bond acceptors (Lipinski definition) is 3. The summed E-state index contributed by atoms with van der Waals surface area (Å²) in [5.41, 5.74) is 2.31. The molecule has 0 saturated carbocycles. The average Bonchev–Trinajstić information content (AvgIpc) is 2.34. The van der Waals surface area contributed by atoms with Crippen molar-refractivity contribution in [3.8, 4) is 0 Å². The van der Waals surface area contributed by atoms with Crippen molar-refractivity contribution in [1.82, 2.24) is 9.97 Å². The number of anilines is 2. The van der Waals surface area contributed by atoms with Gasteiger partial charge in [0.1, 0.15) is 12.1 Å². The highest BCUT2D eigenvalue weighted by molar-refractivity contribution is 9.10. The quantitative estimate of drug-likeness (QED) is 0.890. The second-order valence-corrected chi connectivity index (χ2v) is 5.27. The van der Waals surface area contributed by atoms with E-state index in [2.05, 4.69) is 60.1 Å². The number of nitrogens with one attached hydrogen (secondary N) is 1. The number of benzene rings is 1. The molecule has 0 amide bonds. The molecule has 88 valence electrons. The van der Waals surface area contributed by atoms with Crippen LogP contribution in [0.2, 0.25) is 0 Å². The Balaban J connectivity index is 2.33. The second kappa shape index (κ2) is 5.60. The van der Waals surface area contributed by atoms with Crippen LogP contribution in [0.3, 0.4) is 0 Å². The van der Waals surface area contributed by atoms with Crippen molar-refractivity contribution in [3.05, 3.63) is 45.2 Å². The third-order valence-corrected chi connectivity index (χ3v) is 3.44. The molecule has 0 unspecified atom stereocenters. The molecular weight excluding hydrogens is 346 g/mol. The summed E-state index contributed by atoms with van der Waals surface area (Å²) in [6, 6.07) is 6.16. The van der Waals surface area contributed by atoms with Crippen molar-refractivity contribution < 1.29 is 0 Å². The van der Waals surface area contributed by atoms with E-state index in [9.17, 15) is 0 Å². The van der Waals surface area contributed by atoms with Gasteiger partial charge in [-0.15, -0.1) is 0 Å². The first-order valence-corrected chi connectivity index (χ1v) is 6.80. The van der Waals surface area contributed by atoms with Crippen LogP contribution in [0.15, 0.2) is 39.7 Å². The first-order chi connectivity index (χ1) is 8.20. The summed E-state index contributed by atoms with van der Waals surface area (Å²) >= 11 is 6.89. The molecule has 17 heavy (non-hydrogen) atoms. The zero-order chi connectivity index (χ0) is 12.3. The van der Waals surface area contributed by atoms with Crippen molar-refractivity contribution in [2.45, 2.75) is 13.3 Å². The molecule has 0 aliphatic heterocycles. The van der Waals surface area contributed by atoms with Gasteiger partial charge in [0, 0.05) is 16.4 Å². The highest BCUT2D eigenvalue weighted by Crippen LogP contribution is 2.27. The molecule has 0 saturated heterocycles. The molecule has 0 bridgehead atoms. The Kier molecular flexibility index (Phi) is 4.12. The number of aromatic nitrogens is 2. The molecule has 0 aliphatic rings. The second-order valence-electron chi connectivity index (χ2n) is 3.50. The van der Waals surface area contributed by atoms with E-state index >= 15 is 0 Å². The molecule has 2 aromatic rings. The summed E-state index contributed by atoms with van der Waals surface area (Å²) in [4.78, 5) is 8.13. The maximum absolute atomic E-state index is 4.19. The van der Waals surface area contributed by atoms with E-state index in [1.807, 2.05) is 12.1 Å². The van der Waals surface area contributed by atoms with Gasteiger partial charge in [0.2, 0.25) is 0 Å². The third-order valence-electron chi connectivity index (χ3n) is 2.37. The normalized spacial score (nSPS) is 10.3. The van der Waals surface area contributed by atoms with Crippen LogP contribution in [-0.2, 0) is 6.42 Å². The van der Waals surface area contributed by atoms with Crippen LogP contribution in [0.25, 0.3) is 0 Å². The van der Waals surface area contributed by atoms with E-state index in [0.29, 0.717) is 0 Å². The summed E-state index contributed by atoms with van der Waals surface area (Å²) in [7, 11) is 0. The molecule has 1 aromatic heterocycles. The van der Waals surface area contributed by atoms with Gasteiger partial charge < -0.3 is 5.32 Å². The number of halogens is 2. The fraction of sp³-hybridized carbons (Fsp3) is 0.167. The molecular formula is C12H11Br2N3. The fourth-order valence-corrected chi connectivity index (χ4v) is 2.24. The fourth-order valence-electron chi connectivity index (χ4n) is 1.51. The molecule has 2 rings (SSSR count). The number of nitrogens with zero attached hydrogens (tertiary/aromatic N) is 2. The Bertz CT molecular complexity index is 529. The lowest BCUT2D eigenvalue weighted by Gasteiger charge is -2.11. The lowest BCUT2D eigenvalue weighted by Crippen LogP contribution is -1.98. The predicted molar refractivity (Wildman–Crippen MR) is 76.5 cm³/mol. The smallest absolute Gasteiger partial charge is 0.148 e. The minimum Gasteiger partial charge on any atom is -0.339 e. The summed E-state index contributed by atoms with van der Waals surface area (Å²) in [5, 5.41) is 3.30. The molecule has 5 heteroatoms. The molecule has 3 nitrogen and oxygen atoms in total. The van der Waals surface area contributed by atoms with Gasteiger partial charge in [0.25, 0.3) is 0 Å². The Morgan fingerprint density at radius 2 is 2.12 bits per heavy atom. The van der Waals surface area contributed by atoms with Crippen molar-refractivity contribution in [2.24, 2.45) is 0 Å². The Labute approximate surface area is 117 Å². The Morgan fingerprint density at radius 1 is 1.29 bits per heavy atom. The van der Waals surface area contributed by atoms with Crippen LogP contribution in [0, 0.1) is 0 Å². The molecule has 0 spiro atoms. The van der Waals surface area contributed by atoms with E-state index in [1.165, 1.54) is 11.9 Å². The van der Waals surface area contributed by atoms with E-state index < -0.39 is 0 Å². The predicted octanol–water partition coefficient (Wildman–Crippen LogP) is 4.31. The van der Waals surface area contributed by atoms with Gasteiger partial charge in [0.05, 0.1) is 4.47 Å². The zero-order valence-electron chi connectivity index (χ0n) is 9.24. The molecule has 1 aromatic carbocycles. The topological polar surface area (TPSA) is 37.8 Å². The van der Waals surface area contributed by atoms with Crippen molar-refractivity contribution >= 4 is 43.4 Å². The Hall–Kier alpha value is -0.940. The summed E-state index contributed by atoms with van der Waals surface area (Å²) in [5.74, 6) is 0.775. The maximum atomic E-state index is 4.19. The number of aryl methyl sites for hydroxylation is 1. The Morgan fingerprint density at radius 3 is 2.82 bits per heavy atom. The van der Waals surface area contributed by atoms with Crippen LogP contribution in [-0.4, -0.2) is 9.97 Å². The van der Waals surface area contributed by atoms with Gasteiger partial charge in [-0.3, -0.25) is 0 Å². The maximum Gasteiger partial charge on any atom is 0.148 e. The minimum absolute atomic E-state index is 0.775. The van der Waals surface area contributed by atoms with Crippen LogP contribution in [0.5, 0.6) is 0 Å². The van der Waals surface area contributed by atoms with Gasteiger partial charge in [0.15, 0.2) is 0 Å². The lowest BCUT2D eigenvalue weighted by atomic mass is 10.1. The highest BCUT2D eigenvalue weighted by atomic mass is 79.9. The number of hydrogen-bond donors (Lipinski definition) is 1. The largest absolute Gasteiger partial charge is 0.339 e. The number of rotatable bonds is 3. The van der Waals surface area contributed by atoms with E-state index in [1.54, 1.807) is 6.20 Å². The molecule has 0 fully saturated rings. The van der Waals surface area contributed by atoms with Gasteiger partial charge >= 0.3 is 0 Å². The van der Waals surface area contributed by atoms with Crippen LogP contribution < -0.4 is 5.32 Å². The summed E-state index contributed by atoms with van der Waals surface area (Å²) < 4.78 is 1.94. The highest BCUT2D eigenvalue weighted by Gasteiger charge is 2.05. The van der Waals surface area contributed by atoms with Crippen molar-refractivity contribution in [3.63, 3.8) is 0 Å². The molecule has 0 radical (unpaired) electrons. The van der Waals surface area contributed by atoms with Gasteiger partial charge in [-0.25, -0.2) is 9.97 Å². The van der Waals surface area contributed by atoms with Gasteiger partial charge in [-0.1, -0.05) is 22.9 Å². The lowest BCUT2D eigenvalue weighted by molar-refractivity contribution is 1.12. The minimum atomic E-state index is 0.775. The van der Waals surface area contributed by atoms with E-state index in [0.717, 1.165) is 26.9 Å². The monoisotopic (exact) mass is 355 g/mol. The first-order valence-electron chi connectivity index (χ1n) is 5.21. The standard InChI is InChI=1S/C12H11Br2N3/c1-2-8-5-9(13)3-4-11(8)17-12-10(14)6-15-7-16-12/h3-7H,2H2,1H3,(H,15,16,17). The van der Waals surface area contributed by atoms with Crippen LogP contribution in [0.1, 0.15) is 12.5 Å². The van der Waals surface area contributed by atoms with E-state index in [-0.39, 0.29) is 0 Å². The van der Waals surface area contributed by atoms with Crippen LogP contribution in [0.4, 0.5) is 11.5 Å². The zero-order valence-corrected chi connectivity index (χ0v) is 12.4.